The Morgan fingerprint density at radius 1 is 1.04 bits per heavy atom. The van der Waals surface area contributed by atoms with Gasteiger partial charge in [-0.25, -0.2) is 18.4 Å². The molecule has 9 heteroatoms. The maximum atomic E-state index is 12.8. The van der Waals surface area contributed by atoms with Gasteiger partial charge in [-0.2, -0.15) is 0 Å². The highest BCUT2D eigenvalue weighted by Crippen LogP contribution is 2.32. The fourth-order valence-electron chi connectivity index (χ4n) is 3.02. The molecule has 1 saturated carbocycles. The number of anilines is 2. The molecule has 3 aromatic rings. The van der Waals surface area contributed by atoms with Gasteiger partial charge in [-0.15, -0.1) is 0 Å². The van der Waals surface area contributed by atoms with Crippen LogP contribution in [0, 0.1) is 0 Å². The summed E-state index contributed by atoms with van der Waals surface area (Å²) in [4.78, 5) is 8.94. The Labute approximate surface area is 167 Å². The molecule has 0 unspecified atom stereocenters. The van der Waals surface area contributed by atoms with Crippen LogP contribution in [0.2, 0.25) is 5.02 Å². The number of nitrogens with zero attached hydrogens (tertiary/aromatic N) is 2. The molecule has 1 aliphatic rings. The van der Waals surface area contributed by atoms with Gasteiger partial charge in [0, 0.05) is 11.6 Å². The predicted octanol–water partition coefficient (Wildman–Crippen LogP) is 3.41. The number of fused-ring (bicyclic) bond motifs is 1. The molecule has 0 amide bonds. The fraction of sp³-hybridized carbons (Fsp3) is 0.263. The van der Waals surface area contributed by atoms with Crippen LogP contribution >= 0.6 is 11.6 Å². The molecule has 1 fully saturated rings. The maximum Gasteiger partial charge on any atom is 0.263 e. The summed E-state index contributed by atoms with van der Waals surface area (Å²) in [7, 11) is -3.91. The van der Waals surface area contributed by atoms with Crippen LogP contribution in [0.1, 0.15) is 19.3 Å². The second kappa shape index (κ2) is 7.20. The van der Waals surface area contributed by atoms with Crippen molar-refractivity contribution in [2.75, 3.05) is 16.6 Å². The highest BCUT2D eigenvalue weighted by atomic mass is 35.5. The standard InChI is InChI=1S/C19H19ClN4O3S/c20-13-5-3-6-14(11-13)28(26,27)24-18-17(21-12-19(25)9-4-10-19)22-15-7-1-2-8-16(15)23-18/h1-3,5-8,11,25H,4,9-10,12H2,(H,21,22)(H,23,24). The molecular weight excluding hydrogens is 400 g/mol. The van der Waals surface area contributed by atoms with Crippen LogP contribution in [-0.4, -0.2) is 35.6 Å². The molecule has 1 aliphatic carbocycles. The van der Waals surface area contributed by atoms with E-state index in [2.05, 4.69) is 20.0 Å². The van der Waals surface area contributed by atoms with Gasteiger partial charge < -0.3 is 10.4 Å². The molecule has 0 spiro atoms. The molecule has 146 valence electrons. The number of rotatable bonds is 6. The molecule has 0 radical (unpaired) electrons. The minimum atomic E-state index is -3.91. The van der Waals surface area contributed by atoms with Crippen molar-refractivity contribution >= 4 is 44.3 Å². The van der Waals surface area contributed by atoms with Crippen LogP contribution in [0.3, 0.4) is 0 Å². The summed E-state index contributed by atoms with van der Waals surface area (Å²) in [6, 6.07) is 13.2. The zero-order valence-electron chi connectivity index (χ0n) is 14.9. The zero-order valence-corrected chi connectivity index (χ0v) is 16.5. The smallest absolute Gasteiger partial charge is 0.263 e. The number of hydrogen-bond acceptors (Lipinski definition) is 6. The van der Waals surface area contributed by atoms with Gasteiger partial charge in [-0.1, -0.05) is 29.8 Å². The zero-order chi connectivity index (χ0) is 19.8. The van der Waals surface area contributed by atoms with Crippen molar-refractivity contribution in [1.29, 1.82) is 0 Å². The molecule has 0 aliphatic heterocycles. The topological polar surface area (TPSA) is 104 Å². The molecule has 2 aromatic carbocycles. The quantitative estimate of drug-likeness (QED) is 0.566. The Hall–Kier alpha value is -2.42. The van der Waals surface area contributed by atoms with E-state index in [1.807, 2.05) is 6.07 Å². The molecule has 0 atom stereocenters. The van der Waals surface area contributed by atoms with E-state index in [4.69, 9.17) is 11.6 Å². The first-order valence-electron chi connectivity index (χ1n) is 8.86. The third kappa shape index (κ3) is 3.89. The second-order valence-electron chi connectivity index (χ2n) is 6.90. The second-order valence-corrected chi connectivity index (χ2v) is 9.02. The summed E-state index contributed by atoms with van der Waals surface area (Å²) in [6.07, 6.45) is 2.37. The van der Waals surface area contributed by atoms with E-state index in [1.54, 1.807) is 30.3 Å². The SMILES string of the molecule is O=S(=O)(Nc1nc2ccccc2nc1NCC1(O)CCC1)c1cccc(Cl)c1. The lowest BCUT2D eigenvalue weighted by Gasteiger charge is -2.36. The third-order valence-corrected chi connectivity index (χ3v) is 6.35. The lowest BCUT2D eigenvalue weighted by molar-refractivity contribution is -0.0202. The van der Waals surface area contributed by atoms with Gasteiger partial charge in [0.2, 0.25) is 0 Å². The summed E-state index contributed by atoms with van der Waals surface area (Å²) in [5.74, 6) is 0.339. The van der Waals surface area contributed by atoms with Gasteiger partial charge in [0.15, 0.2) is 11.6 Å². The van der Waals surface area contributed by atoms with Gasteiger partial charge in [0.25, 0.3) is 10.0 Å². The number of aromatic nitrogens is 2. The number of hydrogen-bond donors (Lipinski definition) is 3. The normalized spacial score (nSPS) is 15.8. The number of para-hydroxylation sites is 2. The molecule has 3 N–H and O–H groups in total. The summed E-state index contributed by atoms with van der Waals surface area (Å²) >= 11 is 5.93. The molecule has 1 aromatic heterocycles. The summed E-state index contributed by atoms with van der Waals surface area (Å²) in [5.41, 5.74) is 0.381. The third-order valence-electron chi connectivity index (χ3n) is 4.78. The minimum absolute atomic E-state index is 0.0264. The van der Waals surface area contributed by atoms with Gasteiger partial charge in [-0.3, -0.25) is 4.72 Å². The van der Waals surface area contributed by atoms with E-state index < -0.39 is 15.6 Å². The number of halogens is 1. The minimum Gasteiger partial charge on any atom is -0.388 e. The molecular formula is C19H19ClN4O3S. The van der Waals surface area contributed by atoms with E-state index in [9.17, 15) is 13.5 Å². The van der Waals surface area contributed by atoms with Gasteiger partial charge >= 0.3 is 0 Å². The number of benzene rings is 2. The van der Waals surface area contributed by atoms with Crippen molar-refractivity contribution in [3.8, 4) is 0 Å². The van der Waals surface area contributed by atoms with Crippen LogP contribution in [0.4, 0.5) is 11.6 Å². The van der Waals surface area contributed by atoms with Crippen molar-refractivity contribution < 1.29 is 13.5 Å². The van der Waals surface area contributed by atoms with Gasteiger partial charge in [-0.05, 0) is 49.6 Å². The Bertz CT molecular complexity index is 1130. The van der Waals surface area contributed by atoms with Crippen LogP contribution in [0.15, 0.2) is 53.4 Å². The fourth-order valence-corrected chi connectivity index (χ4v) is 4.33. The Morgan fingerprint density at radius 2 is 1.71 bits per heavy atom. The van der Waals surface area contributed by atoms with E-state index >= 15 is 0 Å². The Kier molecular flexibility index (Phi) is 4.86. The first kappa shape index (κ1) is 18.9. The average Bonchev–Trinajstić information content (AvgIpc) is 2.64. The van der Waals surface area contributed by atoms with Crippen LogP contribution in [0.25, 0.3) is 11.0 Å². The largest absolute Gasteiger partial charge is 0.388 e. The number of sulfonamides is 1. The van der Waals surface area contributed by atoms with E-state index in [0.29, 0.717) is 28.9 Å². The van der Waals surface area contributed by atoms with Gasteiger partial charge in [0.05, 0.1) is 21.5 Å². The number of aliphatic hydroxyl groups is 1. The average molecular weight is 419 g/mol. The molecule has 0 bridgehead atoms. The van der Waals surface area contributed by atoms with Crippen molar-refractivity contribution in [2.24, 2.45) is 0 Å². The van der Waals surface area contributed by atoms with E-state index in [0.717, 1.165) is 6.42 Å². The lowest BCUT2D eigenvalue weighted by Crippen LogP contribution is -2.43. The summed E-state index contributed by atoms with van der Waals surface area (Å²) < 4.78 is 28.1. The van der Waals surface area contributed by atoms with Crippen LogP contribution in [-0.2, 0) is 10.0 Å². The van der Waals surface area contributed by atoms with Gasteiger partial charge in [0.1, 0.15) is 0 Å². The Balaban J connectivity index is 1.70. The number of nitrogens with one attached hydrogen (secondary N) is 2. The van der Waals surface area contributed by atoms with Crippen molar-refractivity contribution in [3.63, 3.8) is 0 Å². The van der Waals surface area contributed by atoms with Crippen molar-refractivity contribution in [3.05, 3.63) is 53.6 Å². The maximum absolute atomic E-state index is 12.8. The van der Waals surface area contributed by atoms with Crippen LogP contribution < -0.4 is 10.0 Å². The predicted molar refractivity (Wildman–Crippen MR) is 109 cm³/mol. The monoisotopic (exact) mass is 418 g/mol. The first-order valence-corrected chi connectivity index (χ1v) is 10.7. The lowest BCUT2D eigenvalue weighted by atomic mass is 9.80. The molecule has 4 rings (SSSR count). The summed E-state index contributed by atoms with van der Waals surface area (Å²) in [6.45, 7) is 0.270. The highest BCUT2D eigenvalue weighted by Gasteiger charge is 2.34. The van der Waals surface area contributed by atoms with E-state index in [1.165, 1.54) is 12.1 Å². The Morgan fingerprint density at radius 3 is 2.32 bits per heavy atom. The molecule has 0 saturated heterocycles. The van der Waals surface area contributed by atoms with Crippen LogP contribution in [0.5, 0.6) is 0 Å². The van der Waals surface area contributed by atoms with E-state index in [-0.39, 0.29) is 23.1 Å². The summed E-state index contributed by atoms with van der Waals surface area (Å²) in [5, 5.41) is 13.7. The van der Waals surface area contributed by atoms with Crippen molar-refractivity contribution in [2.45, 2.75) is 29.8 Å². The molecule has 7 nitrogen and oxygen atoms in total. The van der Waals surface area contributed by atoms with Crippen molar-refractivity contribution in [1.82, 2.24) is 9.97 Å². The molecule has 1 heterocycles. The highest BCUT2D eigenvalue weighted by molar-refractivity contribution is 7.92. The molecule has 28 heavy (non-hydrogen) atoms. The first-order chi connectivity index (χ1) is 13.3.